The van der Waals surface area contributed by atoms with Crippen molar-refractivity contribution in [3.05, 3.63) is 93.5 Å². The fourth-order valence-electron chi connectivity index (χ4n) is 4.32. The first kappa shape index (κ1) is 24.4. The van der Waals surface area contributed by atoms with Crippen LogP contribution in [0, 0.1) is 12.7 Å². The molecule has 1 atom stereocenters. The van der Waals surface area contributed by atoms with Crippen LogP contribution in [-0.4, -0.2) is 28.9 Å². The number of carbonyl (C=O) groups is 2. The molecule has 4 rings (SSSR count). The minimum absolute atomic E-state index is 0.0791. The largest absolute Gasteiger partial charge is 0.507 e. The number of methoxy groups -OCH3 is 1. The first-order valence-electron chi connectivity index (χ1n) is 11.0. The summed E-state index contributed by atoms with van der Waals surface area (Å²) in [5.74, 6) is -1.92. The summed E-state index contributed by atoms with van der Waals surface area (Å²) in [6.07, 6.45) is 3.06. The molecular weight excluding hydrogens is 471 g/mol. The minimum Gasteiger partial charge on any atom is -0.507 e. The predicted octanol–water partition coefficient (Wildman–Crippen LogP) is 5.94. The van der Waals surface area contributed by atoms with Crippen molar-refractivity contribution in [3.63, 3.8) is 0 Å². The number of aromatic nitrogens is 1. The third kappa shape index (κ3) is 4.28. The zero-order chi connectivity index (χ0) is 25.4. The van der Waals surface area contributed by atoms with Crippen molar-refractivity contribution in [1.82, 2.24) is 4.98 Å². The number of aliphatic hydroxyl groups is 1. The summed E-state index contributed by atoms with van der Waals surface area (Å²) in [6.45, 7) is 5.77. The molecule has 35 heavy (non-hydrogen) atoms. The Labute approximate surface area is 207 Å². The fourth-order valence-corrected chi connectivity index (χ4v) is 4.50. The number of ether oxygens (including phenoxy) is 1. The topological polar surface area (TPSA) is 79.7 Å². The van der Waals surface area contributed by atoms with E-state index in [1.165, 1.54) is 29.4 Å². The SMILES string of the molecule is COc1cc(C)c(/C(O)=C2\C(=O)C(=O)N(c3ccc(F)c(Cl)c3)C2c2ccncc2)cc1C(C)C. The molecule has 1 aliphatic heterocycles. The summed E-state index contributed by atoms with van der Waals surface area (Å²) >= 11 is 5.98. The van der Waals surface area contributed by atoms with Gasteiger partial charge in [0.1, 0.15) is 17.3 Å². The fraction of sp³-hybridized carbons (Fsp3) is 0.222. The van der Waals surface area contributed by atoms with E-state index in [0.717, 1.165) is 11.6 Å². The van der Waals surface area contributed by atoms with E-state index >= 15 is 0 Å². The van der Waals surface area contributed by atoms with Crippen LogP contribution in [0.15, 0.2) is 60.4 Å². The van der Waals surface area contributed by atoms with E-state index in [2.05, 4.69) is 4.98 Å². The number of halogens is 2. The van der Waals surface area contributed by atoms with Crippen molar-refractivity contribution in [2.45, 2.75) is 32.7 Å². The van der Waals surface area contributed by atoms with Gasteiger partial charge in [-0.3, -0.25) is 19.5 Å². The summed E-state index contributed by atoms with van der Waals surface area (Å²) in [7, 11) is 1.57. The maximum atomic E-state index is 13.8. The molecule has 1 saturated heterocycles. The molecule has 1 aromatic heterocycles. The second-order valence-electron chi connectivity index (χ2n) is 8.61. The van der Waals surface area contributed by atoms with Gasteiger partial charge in [0.15, 0.2) is 0 Å². The number of anilines is 1. The van der Waals surface area contributed by atoms with Gasteiger partial charge in [0.2, 0.25) is 0 Å². The Morgan fingerprint density at radius 2 is 1.83 bits per heavy atom. The Balaban J connectivity index is 1.98. The summed E-state index contributed by atoms with van der Waals surface area (Å²) in [6, 6.07) is 9.70. The van der Waals surface area contributed by atoms with E-state index in [-0.39, 0.29) is 28.0 Å². The number of rotatable bonds is 5. The van der Waals surface area contributed by atoms with E-state index in [9.17, 15) is 19.1 Å². The predicted molar refractivity (Wildman–Crippen MR) is 132 cm³/mol. The number of aryl methyl sites for hydroxylation is 1. The lowest BCUT2D eigenvalue weighted by atomic mass is 9.91. The molecule has 1 fully saturated rings. The van der Waals surface area contributed by atoms with E-state index in [1.807, 2.05) is 13.8 Å². The highest BCUT2D eigenvalue weighted by Crippen LogP contribution is 2.43. The molecule has 180 valence electrons. The number of hydrogen-bond acceptors (Lipinski definition) is 5. The van der Waals surface area contributed by atoms with E-state index < -0.39 is 23.5 Å². The molecule has 0 saturated carbocycles. The van der Waals surface area contributed by atoms with Gasteiger partial charge in [0.25, 0.3) is 11.7 Å². The van der Waals surface area contributed by atoms with E-state index in [0.29, 0.717) is 22.4 Å². The Morgan fingerprint density at radius 3 is 2.43 bits per heavy atom. The first-order valence-corrected chi connectivity index (χ1v) is 11.4. The number of pyridine rings is 1. The number of hydrogen-bond donors (Lipinski definition) is 1. The van der Waals surface area contributed by atoms with Crippen LogP contribution in [0.1, 0.15) is 48.1 Å². The van der Waals surface area contributed by atoms with Crippen LogP contribution < -0.4 is 9.64 Å². The molecule has 0 aliphatic carbocycles. The second-order valence-corrected chi connectivity index (χ2v) is 9.02. The quantitative estimate of drug-likeness (QED) is 0.270. The Bertz CT molecular complexity index is 1350. The Morgan fingerprint density at radius 1 is 1.14 bits per heavy atom. The van der Waals surface area contributed by atoms with Gasteiger partial charge < -0.3 is 9.84 Å². The van der Waals surface area contributed by atoms with Crippen LogP contribution in [0.2, 0.25) is 5.02 Å². The van der Waals surface area contributed by atoms with Crippen LogP contribution >= 0.6 is 11.6 Å². The van der Waals surface area contributed by atoms with Crippen molar-refractivity contribution in [2.75, 3.05) is 12.0 Å². The minimum atomic E-state index is -0.969. The maximum absolute atomic E-state index is 13.8. The molecule has 0 bridgehead atoms. The number of nitrogens with zero attached hydrogens (tertiary/aromatic N) is 2. The average molecular weight is 495 g/mol. The third-order valence-corrected chi connectivity index (χ3v) is 6.39. The van der Waals surface area contributed by atoms with Gasteiger partial charge in [-0.2, -0.15) is 0 Å². The highest BCUT2D eigenvalue weighted by molar-refractivity contribution is 6.51. The molecule has 2 aromatic carbocycles. The Hall–Kier alpha value is -3.71. The Kier molecular flexibility index (Phi) is 6.63. The van der Waals surface area contributed by atoms with Crippen LogP contribution in [0.3, 0.4) is 0 Å². The van der Waals surface area contributed by atoms with Crippen LogP contribution in [-0.2, 0) is 9.59 Å². The lowest BCUT2D eigenvalue weighted by Crippen LogP contribution is -2.29. The molecule has 1 aliphatic rings. The van der Waals surface area contributed by atoms with Gasteiger partial charge in [0, 0.05) is 23.6 Å². The number of ketones is 1. The van der Waals surface area contributed by atoms with Crippen molar-refractivity contribution >= 4 is 34.7 Å². The van der Waals surface area contributed by atoms with E-state index in [4.69, 9.17) is 16.3 Å². The molecule has 1 unspecified atom stereocenters. The standard InChI is InChI=1S/C27H24ClFN2O4/c1-14(2)18-13-19(15(3)11-22(18)35-4)25(32)23-24(16-7-9-30-10-8-16)31(27(34)26(23)33)17-5-6-21(29)20(28)12-17/h5-14,24,32H,1-4H3/b25-23+. The highest BCUT2D eigenvalue weighted by atomic mass is 35.5. The zero-order valence-corrected chi connectivity index (χ0v) is 20.4. The molecule has 3 aromatic rings. The zero-order valence-electron chi connectivity index (χ0n) is 19.7. The monoisotopic (exact) mass is 494 g/mol. The average Bonchev–Trinajstić information content (AvgIpc) is 3.11. The molecular formula is C27H24ClFN2O4. The molecule has 0 spiro atoms. The number of Topliss-reactive ketones (excluding diaryl/α,β-unsaturated/α-hetero) is 1. The summed E-state index contributed by atoms with van der Waals surface area (Å²) < 4.78 is 19.3. The van der Waals surface area contributed by atoms with Crippen molar-refractivity contribution in [1.29, 1.82) is 0 Å². The van der Waals surface area contributed by atoms with Crippen molar-refractivity contribution in [2.24, 2.45) is 0 Å². The number of amides is 1. The molecule has 8 heteroatoms. The summed E-state index contributed by atoms with van der Waals surface area (Å²) in [4.78, 5) is 31.8. The number of aliphatic hydroxyl groups excluding tert-OH is 1. The van der Waals surface area contributed by atoms with Crippen LogP contribution in [0.25, 0.3) is 5.76 Å². The van der Waals surface area contributed by atoms with Crippen molar-refractivity contribution < 1.29 is 23.8 Å². The maximum Gasteiger partial charge on any atom is 0.300 e. The molecule has 0 radical (unpaired) electrons. The summed E-state index contributed by atoms with van der Waals surface area (Å²) in [5, 5.41) is 11.3. The van der Waals surface area contributed by atoms with Crippen LogP contribution in [0.5, 0.6) is 5.75 Å². The van der Waals surface area contributed by atoms with Crippen LogP contribution in [0.4, 0.5) is 10.1 Å². The molecule has 1 amide bonds. The summed E-state index contributed by atoms with van der Waals surface area (Å²) in [5.41, 5.74) is 2.64. The number of carbonyl (C=O) groups excluding carboxylic acids is 2. The second kappa shape index (κ2) is 9.50. The molecule has 6 nitrogen and oxygen atoms in total. The van der Waals surface area contributed by atoms with Gasteiger partial charge in [0.05, 0.1) is 23.7 Å². The molecule has 2 heterocycles. The van der Waals surface area contributed by atoms with Gasteiger partial charge >= 0.3 is 0 Å². The number of benzene rings is 2. The highest BCUT2D eigenvalue weighted by Gasteiger charge is 2.47. The lowest BCUT2D eigenvalue weighted by Gasteiger charge is -2.26. The van der Waals surface area contributed by atoms with Crippen molar-refractivity contribution in [3.8, 4) is 5.75 Å². The van der Waals surface area contributed by atoms with Gasteiger partial charge in [-0.1, -0.05) is 25.4 Å². The van der Waals surface area contributed by atoms with E-state index in [1.54, 1.807) is 38.3 Å². The molecule has 1 N–H and O–H groups in total. The van der Waals surface area contributed by atoms with Gasteiger partial charge in [-0.15, -0.1) is 0 Å². The normalized spacial score (nSPS) is 17.3. The smallest absolute Gasteiger partial charge is 0.300 e. The lowest BCUT2D eigenvalue weighted by molar-refractivity contribution is -0.132. The first-order chi connectivity index (χ1) is 16.6. The van der Waals surface area contributed by atoms with Gasteiger partial charge in [-0.05, 0) is 72.0 Å². The third-order valence-electron chi connectivity index (χ3n) is 6.10. The van der Waals surface area contributed by atoms with Gasteiger partial charge in [-0.25, -0.2) is 4.39 Å².